The average molecular weight is 288 g/mol. The normalized spacial score (nSPS) is 12.0. The van der Waals surface area contributed by atoms with Gasteiger partial charge in [-0.1, -0.05) is 18.2 Å². The molecule has 2 aromatic rings. The van der Waals surface area contributed by atoms with E-state index in [1.165, 1.54) is 0 Å². The molecule has 0 aliphatic rings. The number of nitrogen functional groups attached to an aromatic ring is 1. The number of aromatic amines is 1. The van der Waals surface area contributed by atoms with Gasteiger partial charge in [-0.25, -0.2) is 5.84 Å². The van der Waals surface area contributed by atoms with Crippen LogP contribution in [0.3, 0.4) is 0 Å². The van der Waals surface area contributed by atoms with Crippen LogP contribution in [0.1, 0.15) is 45.9 Å². The quantitative estimate of drug-likeness (QED) is 0.456. The Hall–Kier alpha value is -2.34. The second kappa shape index (κ2) is 5.97. The molecule has 1 heterocycles. The molecule has 0 radical (unpaired) electrons. The van der Waals surface area contributed by atoms with E-state index < -0.39 is 0 Å². The number of amides is 1. The second-order valence-corrected chi connectivity index (χ2v) is 5.06. The lowest BCUT2D eigenvalue weighted by Gasteiger charge is -2.17. The van der Waals surface area contributed by atoms with Crippen LogP contribution >= 0.6 is 0 Å². The first-order chi connectivity index (χ1) is 9.95. The van der Waals surface area contributed by atoms with Gasteiger partial charge in [0.15, 0.2) is 0 Å². The van der Waals surface area contributed by atoms with Gasteiger partial charge in [0.2, 0.25) is 0 Å². The van der Waals surface area contributed by atoms with Crippen LogP contribution in [0.15, 0.2) is 18.2 Å². The van der Waals surface area contributed by atoms with Gasteiger partial charge in [-0.3, -0.25) is 15.3 Å². The minimum absolute atomic E-state index is 0.373. The van der Waals surface area contributed by atoms with Gasteiger partial charge < -0.3 is 4.74 Å². The summed E-state index contributed by atoms with van der Waals surface area (Å²) in [6.45, 7) is 7.60. The highest BCUT2D eigenvalue weighted by Gasteiger charge is 2.23. The van der Waals surface area contributed by atoms with Crippen molar-refractivity contribution in [1.29, 1.82) is 0 Å². The van der Waals surface area contributed by atoms with Crippen LogP contribution in [-0.2, 0) is 0 Å². The number of hydrogen-bond donors (Lipinski definition) is 3. The first kappa shape index (κ1) is 15.1. The fourth-order valence-corrected chi connectivity index (χ4v) is 2.32. The zero-order valence-corrected chi connectivity index (χ0v) is 12.7. The van der Waals surface area contributed by atoms with E-state index in [0.717, 1.165) is 16.9 Å². The number of carbonyl (C=O) groups is 1. The number of benzene rings is 1. The van der Waals surface area contributed by atoms with E-state index >= 15 is 0 Å². The molecule has 1 aromatic heterocycles. The molecule has 6 nitrogen and oxygen atoms in total. The molecule has 0 aliphatic heterocycles. The predicted octanol–water partition coefficient (Wildman–Crippen LogP) is 2.08. The number of para-hydroxylation sites is 1. The lowest BCUT2D eigenvalue weighted by atomic mass is 10.1. The highest BCUT2D eigenvalue weighted by Crippen LogP contribution is 2.29. The molecular weight excluding hydrogens is 268 g/mol. The lowest BCUT2D eigenvalue weighted by Crippen LogP contribution is -2.31. The minimum atomic E-state index is -0.381. The van der Waals surface area contributed by atoms with Gasteiger partial charge in [0.1, 0.15) is 17.5 Å². The van der Waals surface area contributed by atoms with Gasteiger partial charge in [-0.2, -0.15) is 5.10 Å². The summed E-state index contributed by atoms with van der Waals surface area (Å²) in [5.41, 5.74) is 5.84. The van der Waals surface area contributed by atoms with Crippen molar-refractivity contribution in [3.8, 4) is 5.75 Å². The largest absolute Gasteiger partial charge is 0.484 e. The summed E-state index contributed by atoms with van der Waals surface area (Å²) in [5.74, 6) is 5.65. The van der Waals surface area contributed by atoms with E-state index in [9.17, 15) is 4.79 Å². The van der Waals surface area contributed by atoms with Crippen LogP contribution in [-0.4, -0.2) is 16.1 Å². The summed E-state index contributed by atoms with van der Waals surface area (Å²) in [4.78, 5) is 11.9. The summed E-state index contributed by atoms with van der Waals surface area (Å²) in [5, 5.41) is 6.98. The van der Waals surface area contributed by atoms with Gasteiger partial charge >= 0.3 is 0 Å². The molecule has 6 heteroatoms. The number of H-pyrrole nitrogens is 1. The third-order valence-electron chi connectivity index (χ3n) is 3.42. The maximum absolute atomic E-state index is 11.9. The summed E-state index contributed by atoms with van der Waals surface area (Å²) in [7, 11) is 0. The van der Waals surface area contributed by atoms with Gasteiger partial charge in [0.05, 0.1) is 5.56 Å². The molecule has 112 valence electrons. The number of ether oxygens (including phenoxy) is 1. The van der Waals surface area contributed by atoms with Crippen LogP contribution < -0.4 is 16.0 Å². The fourth-order valence-electron chi connectivity index (χ4n) is 2.32. The Kier molecular flexibility index (Phi) is 4.28. The number of nitrogens with one attached hydrogen (secondary N) is 2. The first-order valence-electron chi connectivity index (χ1n) is 6.74. The number of rotatable bonds is 4. The van der Waals surface area contributed by atoms with Crippen molar-refractivity contribution in [2.45, 2.75) is 33.8 Å². The second-order valence-electron chi connectivity index (χ2n) is 5.06. The maximum atomic E-state index is 11.9. The van der Waals surface area contributed by atoms with Crippen molar-refractivity contribution in [3.05, 3.63) is 46.3 Å². The van der Waals surface area contributed by atoms with E-state index in [0.29, 0.717) is 17.0 Å². The van der Waals surface area contributed by atoms with Gasteiger partial charge in [0, 0.05) is 5.69 Å². The minimum Gasteiger partial charge on any atom is -0.484 e. The van der Waals surface area contributed by atoms with Crippen molar-refractivity contribution in [1.82, 2.24) is 15.6 Å². The van der Waals surface area contributed by atoms with Gasteiger partial charge in [-0.05, 0) is 38.8 Å². The summed E-state index contributed by atoms with van der Waals surface area (Å²) in [6.07, 6.45) is -0.373. The Balaban J connectivity index is 2.33. The molecule has 0 aliphatic carbocycles. The number of aryl methyl sites for hydroxylation is 3. The predicted molar refractivity (Wildman–Crippen MR) is 79.9 cm³/mol. The summed E-state index contributed by atoms with van der Waals surface area (Å²) < 4.78 is 6.01. The van der Waals surface area contributed by atoms with Crippen LogP contribution in [0, 0.1) is 20.8 Å². The molecule has 1 unspecified atom stereocenters. The van der Waals surface area contributed by atoms with Crippen molar-refractivity contribution in [3.63, 3.8) is 0 Å². The van der Waals surface area contributed by atoms with Crippen LogP contribution in [0.5, 0.6) is 5.75 Å². The number of hydrogen-bond acceptors (Lipinski definition) is 4. The Morgan fingerprint density at radius 3 is 2.52 bits per heavy atom. The molecular formula is C15H20N4O2. The van der Waals surface area contributed by atoms with E-state index in [1.54, 1.807) is 6.92 Å². The molecule has 0 bridgehead atoms. The molecule has 1 aromatic carbocycles. The monoisotopic (exact) mass is 288 g/mol. The van der Waals surface area contributed by atoms with Crippen molar-refractivity contribution >= 4 is 5.91 Å². The molecule has 2 rings (SSSR count). The van der Waals surface area contributed by atoms with Crippen LogP contribution in [0.25, 0.3) is 0 Å². The molecule has 1 amide bonds. The Morgan fingerprint density at radius 1 is 1.33 bits per heavy atom. The van der Waals surface area contributed by atoms with Gasteiger partial charge in [0.25, 0.3) is 5.91 Å². The molecule has 4 N–H and O–H groups in total. The van der Waals surface area contributed by atoms with E-state index in [2.05, 4.69) is 15.6 Å². The molecule has 1 atom stereocenters. The van der Waals surface area contributed by atoms with Crippen molar-refractivity contribution in [2.24, 2.45) is 5.84 Å². The Morgan fingerprint density at radius 2 is 1.95 bits per heavy atom. The first-order valence-corrected chi connectivity index (χ1v) is 6.74. The SMILES string of the molecule is Cc1cccc(C)c1OC(C)c1n[nH]c(C)c1C(=O)NN. The number of hydrazine groups is 1. The molecule has 0 fully saturated rings. The molecule has 21 heavy (non-hydrogen) atoms. The highest BCUT2D eigenvalue weighted by atomic mass is 16.5. The smallest absolute Gasteiger partial charge is 0.269 e. The number of aromatic nitrogens is 2. The van der Waals surface area contributed by atoms with Crippen molar-refractivity contribution in [2.75, 3.05) is 0 Å². The zero-order valence-electron chi connectivity index (χ0n) is 12.7. The summed E-state index contributed by atoms with van der Waals surface area (Å²) >= 11 is 0. The molecule has 0 spiro atoms. The number of nitrogens with zero attached hydrogens (tertiary/aromatic N) is 1. The topological polar surface area (TPSA) is 93.0 Å². The number of nitrogens with two attached hydrogens (primary N) is 1. The maximum Gasteiger partial charge on any atom is 0.269 e. The standard InChI is InChI=1S/C15H20N4O2/c1-8-6-5-7-9(2)14(8)21-11(4)13-12(15(20)17-16)10(3)18-19-13/h5-7,11H,16H2,1-4H3,(H,17,20)(H,18,19). The van der Waals surface area contributed by atoms with E-state index in [1.807, 2.05) is 39.0 Å². The van der Waals surface area contributed by atoms with E-state index in [4.69, 9.17) is 10.6 Å². The van der Waals surface area contributed by atoms with Crippen LogP contribution in [0.2, 0.25) is 0 Å². The van der Waals surface area contributed by atoms with Crippen molar-refractivity contribution < 1.29 is 9.53 Å². The Bertz CT molecular complexity index is 643. The average Bonchev–Trinajstić information content (AvgIpc) is 2.84. The molecule has 0 saturated carbocycles. The lowest BCUT2D eigenvalue weighted by molar-refractivity contribution is 0.0948. The zero-order chi connectivity index (χ0) is 15.6. The van der Waals surface area contributed by atoms with E-state index in [-0.39, 0.29) is 12.0 Å². The number of carbonyl (C=O) groups excluding carboxylic acids is 1. The third-order valence-corrected chi connectivity index (χ3v) is 3.42. The highest BCUT2D eigenvalue weighted by molar-refractivity contribution is 5.96. The van der Waals surface area contributed by atoms with Crippen LogP contribution in [0.4, 0.5) is 0 Å². The third kappa shape index (κ3) is 2.90. The van der Waals surface area contributed by atoms with Gasteiger partial charge in [-0.15, -0.1) is 0 Å². The summed E-state index contributed by atoms with van der Waals surface area (Å²) in [6, 6.07) is 5.95. The molecule has 0 saturated heterocycles. The fraction of sp³-hybridized carbons (Fsp3) is 0.333. The Labute approximate surface area is 123 Å².